The molecule has 1 aliphatic heterocycles. The van der Waals surface area contributed by atoms with Crippen LogP contribution in [0.2, 0.25) is 0 Å². The van der Waals surface area contributed by atoms with Crippen LogP contribution in [0.5, 0.6) is 0 Å². The third-order valence-electron chi connectivity index (χ3n) is 3.86. The fraction of sp³-hybridized carbons (Fsp3) is 0.600. The Labute approximate surface area is 136 Å². The fourth-order valence-electron chi connectivity index (χ4n) is 2.76. The maximum absolute atomic E-state index is 11.8. The minimum Gasteiger partial charge on any atom is -0.370 e. The van der Waals surface area contributed by atoms with E-state index in [1.165, 1.54) is 5.56 Å². The summed E-state index contributed by atoms with van der Waals surface area (Å²) in [6, 6.07) is 6.48. The quantitative estimate of drug-likeness (QED) is 0.879. The lowest BCUT2D eigenvalue weighted by Crippen LogP contribution is -2.29. The standard InChI is InChI=1S/C15H23BrN2O2S/c1-3-17-12(2)14-11-13(16)5-6-15(14)18-7-4-9-21(19,20)10-8-18/h5-6,11-12,17H,3-4,7-10H2,1-2H3. The third-order valence-corrected chi connectivity index (χ3v) is 6.07. The average Bonchev–Trinajstić information content (AvgIpc) is 2.60. The number of rotatable bonds is 4. The Morgan fingerprint density at radius 2 is 2.10 bits per heavy atom. The topological polar surface area (TPSA) is 49.4 Å². The third kappa shape index (κ3) is 4.44. The molecule has 0 aromatic heterocycles. The van der Waals surface area contributed by atoms with Crippen LogP contribution in [0.4, 0.5) is 5.69 Å². The summed E-state index contributed by atoms with van der Waals surface area (Å²) in [7, 11) is -2.88. The molecule has 1 unspecified atom stereocenters. The van der Waals surface area contributed by atoms with Crippen LogP contribution < -0.4 is 10.2 Å². The first kappa shape index (κ1) is 16.8. The van der Waals surface area contributed by atoms with E-state index in [1.807, 2.05) is 6.07 Å². The van der Waals surface area contributed by atoms with E-state index in [0.717, 1.165) is 23.2 Å². The van der Waals surface area contributed by atoms with Crippen LogP contribution >= 0.6 is 15.9 Å². The number of nitrogens with one attached hydrogen (secondary N) is 1. The number of hydrogen-bond donors (Lipinski definition) is 1. The van der Waals surface area contributed by atoms with E-state index in [4.69, 9.17) is 0 Å². The van der Waals surface area contributed by atoms with Gasteiger partial charge in [0.1, 0.15) is 0 Å². The molecular weight excluding hydrogens is 352 g/mol. The molecule has 4 nitrogen and oxygen atoms in total. The molecule has 1 aliphatic rings. The fourth-order valence-corrected chi connectivity index (χ4v) is 4.41. The highest BCUT2D eigenvalue weighted by molar-refractivity contribution is 9.10. The summed E-state index contributed by atoms with van der Waals surface area (Å²) in [5.41, 5.74) is 2.36. The molecule has 1 saturated heterocycles. The summed E-state index contributed by atoms with van der Waals surface area (Å²) < 4.78 is 24.6. The second kappa shape index (κ2) is 7.11. The van der Waals surface area contributed by atoms with Crippen molar-refractivity contribution in [2.45, 2.75) is 26.3 Å². The van der Waals surface area contributed by atoms with Crippen LogP contribution in [-0.4, -0.2) is 39.6 Å². The molecule has 2 rings (SSSR count). The normalized spacial score (nSPS) is 20.0. The molecule has 0 radical (unpaired) electrons. The Morgan fingerprint density at radius 3 is 2.81 bits per heavy atom. The van der Waals surface area contributed by atoms with Gasteiger partial charge in [-0.15, -0.1) is 0 Å². The Bertz CT molecular complexity index is 589. The lowest BCUT2D eigenvalue weighted by atomic mass is 10.0. The van der Waals surface area contributed by atoms with Gasteiger partial charge in [0.2, 0.25) is 0 Å². The summed E-state index contributed by atoms with van der Waals surface area (Å²) in [4.78, 5) is 2.21. The highest BCUT2D eigenvalue weighted by Gasteiger charge is 2.22. The molecular formula is C15H23BrN2O2S. The van der Waals surface area contributed by atoms with Crippen LogP contribution in [0.3, 0.4) is 0 Å². The Balaban J connectivity index is 2.30. The smallest absolute Gasteiger partial charge is 0.152 e. The first-order valence-corrected chi connectivity index (χ1v) is 10.0. The summed E-state index contributed by atoms with van der Waals surface area (Å²) in [5, 5.41) is 3.43. The van der Waals surface area contributed by atoms with E-state index in [0.29, 0.717) is 18.7 Å². The van der Waals surface area contributed by atoms with Crippen molar-refractivity contribution in [3.8, 4) is 0 Å². The van der Waals surface area contributed by atoms with Gasteiger partial charge in [0.15, 0.2) is 9.84 Å². The monoisotopic (exact) mass is 374 g/mol. The van der Waals surface area contributed by atoms with Gasteiger partial charge in [-0.25, -0.2) is 8.42 Å². The minimum absolute atomic E-state index is 0.238. The highest BCUT2D eigenvalue weighted by atomic mass is 79.9. The minimum atomic E-state index is -2.88. The van der Waals surface area contributed by atoms with Gasteiger partial charge in [-0.1, -0.05) is 22.9 Å². The van der Waals surface area contributed by atoms with Gasteiger partial charge in [-0.05, 0) is 43.7 Å². The summed E-state index contributed by atoms with van der Waals surface area (Å²) >= 11 is 3.53. The second-order valence-electron chi connectivity index (χ2n) is 5.47. The maximum atomic E-state index is 11.8. The van der Waals surface area contributed by atoms with Gasteiger partial charge in [0.25, 0.3) is 0 Å². The lowest BCUT2D eigenvalue weighted by Gasteiger charge is -2.27. The molecule has 118 valence electrons. The lowest BCUT2D eigenvalue weighted by molar-refractivity contribution is 0.595. The maximum Gasteiger partial charge on any atom is 0.152 e. The molecule has 6 heteroatoms. The molecule has 21 heavy (non-hydrogen) atoms. The number of nitrogens with zero attached hydrogens (tertiary/aromatic N) is 1. The number of hydrogen-bond acceptors (Lipinski definition) is 4. The van der Waals surface area contributed by atoms with E-state index in [1.54, 1.807) is 0 Å². The molecule has 0 amide bonds. The van der Waals surface area contributed by atoms with E-state index in [-0.39, 0.29) is 11.8 Å². The zero-order valence-corrected chi connectivity index (χ0v) is 15.0. The van der Waals surface area contributed by atoms with E-state index in [9.17, 15) is 8.42 Å². The van der Waals surface area contributed by atoms with E-state index in [2.05, 4.69) is 52.1 Å². The van der Waals surface area contributed by atoms with Crippen molar-refractivity contribution in [3.63, 3.8) is 0 Å². The van der Waals surface area contributed by atoms with E-state index < -0.39 is 9.84 Å². The molecule has 1 heterocycles. The number of halogens is 1. The largest absolute Gasteiger partial charge is 0.370 e. The van der Waals surface area contributed by atoms with E-state index >= 15 is 0 Å². The van der Waals surface area contributed by atoms with Gasteiger partial charge < -0.3 is 10.2 Å². The van der Waals surface area contributed by atoms with Gasteiger partial charge in [-0.3, -0.25) is 0 Å². The molecule has 0 saturated carbocycles. The van der Waals surface area contributed by atoms with Crippen molar-refractivity contribution in [3.05, 3.63) is 28.2 Å². The molecule has 0 spiro atoms. The van der Waals surface area contributed by atoms with Crippen molar-refractivity contribution in [2.75, 3.05) is 36.0 Å². The van der Waals surface area contributed by atoms with Gasteiger partial charge in [-0.2, -0.15) is 0 Å². The van der Waals surface area contributed by atoms with Crippen molar-refractivity contribution in [1.82, 2.24) is 5.32 Å². The van der Waals surface area contributed by atoms with Crippen LogP contribution in [0.15, 0.2) is 22.7 Å². The SMILES string of the molecule is CCNC(C)c1cc(Br)ccc1N1CCCS(=O)(=O)CC1. The van der Waals surface area contributed by atoms with Crippen LogP contribution in [0.25, 0.3) is 0 Å². The predicted molar refractivity (Wildman–Crippen MR) is 91.7 cm³/mol. The van der Waals surface area contributed by atoms with Crippen LogP contribution in [0.1, 0.15) is 31.9 Å². The van der Waals surface area contributed by atoms with Crippen LogP contribution in [-0.2, 0) is 9.84 Å². The van der Waals surface area contributed by atoms with Crippen molar-refractivity contribution >= 4 is 31.5 Å². The summed E-state index contributed by atoms with van der Waals surface area (Å²) in [5.74, 6) is 0.552. The molecule has 1 N–H and O–H groups in total. The molecule has 1 atom stereocenters. The van der Waals surface area contributed by atoms with Crippen molar-refractivity contribution in [1.29, 1.82) is 0 Å². The first-order valence-electron chi connectivity index (χ1n) is 7.41. The van der Waals surface area contributed by atoms with Gasteiger partial charge >= 0.3 is 0 Å². The number of sulfone groups is 1. The Hall–Kier alpha value is -0.590. The van der Waals surface area contributed by atoms with Crippen molar-refractivity contribution in [2.24, 2.45) is 0 Å². The zero-order valence-electron chi connectivity index (χ0n) is 12.6. The first-order chi connectivity index (χ1) is 9.93. The molecule has 1 aromatic rings. The Kier molecular flexibility index (Phi) is 5.68. The predicted octanol–water partition coefficient (Wildman–Crippen LogP) is 2.74. The molecule has 0 bridgehead atoms. The zero-order chi connectivity index (χ0) is 15.5. The second-order valence-corrected chi connectivity index (χ2v) is 8.69. The Morgan fingerprint density at radius 1 is 1.33 bits per heavy atom. The number of anilines is 1. The molecule has 1 fully saturated rings. The summed E-state index contributed by atoms with van der Waals surface area (Å²) in [6.45, 7) is 6.51. The number of benzene rings is 1. The highest BCUT2D eigenvalue weighted by Crippen LogP contribution is 2.30. The van der Waals surface area contributed by atoms with Gasteiger partial charge in [0.05, 0.1) is 11.5 Å². The van der Waals surface area contributed by atoms with Gasteiger partial charge in [0, 0.05) is 29.3 Å². The molecule has 0 aliphatic carbocycles. The van der Waals surface area contributed by atoms with Crippen LogP contribution in [0, 0.1) is 0 Å². The average molecular weight is 375 g/mol. The van der Waals surface area contributed by atoms with Crippen molar-refractivity contribution < 1.29 is 8.42 Å². The summed E-state index contributed by atoms with van der Waals surface area (Å²) in [6.07, 6.45) is 0.702. The molecule has 1 aromatic carbocycles.